The maximum absolute atomic E-state index is 12.7. The van der Waals surface area contributed by atoms with Crippen LogP contribution in [0.4, 0.5) is 5.69 Å². The predicted octanol–water partition coefficient (Wildman–Crippen LogP) is 4.68. The van der Waals surface area contributed by atoms with Crippen molar-refractivity contribution in [3.05, 3.63) is 95.1 Å². The monoisotopic (exact) mass is 416 g/mol. The molecular formula is C26H28N2O3. The van der Waals surface area contributed by atoms with Crippen molar-refractivity contribution in [1.29, 1.82) is 0 Å². The van der Waals surface area contributed by atoms with Crippen LogP contribution in [0.15, 0.2) is 72.8 Å². The van der Waals surface area contributed by atoms with E-state index >= 15 is 0 Å². The third-order valence-electron chi connectivity index (χ3n) is 4.85. The molecule has 0 radical (unpaired) electrons. The lowest BCUT2D eigenvalue weighted by Crippen LogP contribution is -2.32. The number of anilines is 1. The van der Waals surface area contributed by atoms with Crippen LogP contribution < -0.4 is 15.4 Å². The van der Waals surface area contributed by atoms with Gasteiger partial charge < -0.3 is 15.4 Å². The van der Waals surface area contributed by atoms with Gasteiger partial charge in [-0.05, 0) is 68.1 Å². The summed E-state index contributed by atoms with van der Waals surface area (Å²) in [6.45, 7) is 6.17. The number of aryl methyl sites for hydroxylation is 2. The summed E-state index contributed by atoms with van der Waals surface area (Å²) >= 11 is 0. The Morgan fingerprint density at radius 3 is 2.26 bits per heavy atom. The number of amides is 2. The van der Waals surface area contributed by atoms with Crippen molar-refractivity contribution in [1.82, 2.24) is 5.32 Å². The fraction of sp³-hybridized carbons (Fsp3) is 0.231. The van der Waals surface area contributed by atoms with E-state index in [0.717, 1.165) is 23.1 Å². The quantitative estimate of drug-likeness (QED) is 0.560. The standard InChI is InChI=1S/C26H28N2O3/c1-18-15-19(2)17-22(16-18)31-20(3)25(29)28-24-12-8-7-11-23(24)26(30)27-14-13-21-9-5-4-6-10-21/h4-12,15-17,20H,13-14H2,1-3H3,(H,27,30)(H,28,29)/t20-/m1/s1. The lowest BCUT2D eigenvalue weighted by Gasteiger charge is -2.17. The Kier molecular flexibility index (Phi) is 7.44. The number of nitrogens with one attached hydrogen (secondary N) is 2. The first-order valence-corrected chi connectivity index (χ1v) is 10.4. The van der Waals surface area contributed by atoms with Crippen LogP contribution in [0.1, 0.15) is 34.0 Å². The average Bonchev–Trinajstić information content (AvgIpc) is 2.74. The lowest BCUT2D eigenvalue weighted by molar-refractivity contribution is -0.122. The highest BCUT2D eigenvalue weighted by molar-refractivity contribution is 6.04. The molecule has 3 aromatic carbocycles. The van der Waals surface area contributed by atoms with Crippen LogP contribution >= 0.6 is 0 Å². The molecule has 1 atom stereocenters. The van der Waals surface area contributed by atoms with Gasteiger partial charge >= 0.3 is 0 Å². The third-order valence-corrected chi connectivity index (χ3v) is 4.85. The van der Waals surface area contributed by atoms with Crippen molar-refractivity contribution < 1.29 is 14.3 Å². The normalized spacial score (nSPS) is 11.5. The first kappa shape index (κ1) is 22.1. The SMILES string of the molecule is Cc1cc(C)cc(O[C@H](C)C(=O)Nc2ccccc2C(=O)NCCc2ccccc2)c1. The average molecular weight is 417 g/mol. The van der Waals surface area contributed by atoms with Gasteiger partial charge in [0.15, 0.2) is 6.10 Å². The van der Waals surface area contributed by atoms with Crippen LogP contribution in [-0.4, -0.2) is 24.5 Å². The Labute approximate surface area is 183 Å². The van der Waals surface area contributed by atoms with Crippen LogP contribution in [0.2, 0.25) is 0 Å². The van der Waals surface area contributed by atoms with Crippen molar-refractivity contribution in [3.63, 3.8) is 0 Å². The minimum Gasteiger partial charge on any atom is -0.481 e. The summed E-state index contributed by atoms with van der Waals surface area (Å²) in [5.74, 6) is 0.102. The molecule has 2 amide bonds. The number of benzene rings is 3. The van der Waals surface area contributed by atoms with E-state index in [-0.39, 0.29) is 11.8 Å². The zero-order valence-corrected chi connectivity index (χ0v) is 18.1. The molecular weight excluding hydrogens is 388 g/mol. The second-order valence-electron chi connectivity index (χ2n) is 7.61. The lowest BCUT2D eigenvalue weighted by atomic mass is 10.1. The number of para-hydroxylation sites is 1. The number of carbonyl (C=O) groups excluding carboxylic acids is 2. The predicted molar refractivity (Wildman–Crippen MR) is 124 cm³/mol. The maximum atomic E-state index is 12.7. The van der Waals surface area contributed by atoms with E-state index in [4.69, 9.17) is 4.74 Å². The molecule has 0 aromatic heterocycles. The van der Waals surface area contributed by atoms with Crippen molar-refractivity contribution in [2.45, 2.75) is 33.3 Å². The molecule has 0 aliphatic heterocycles. The molecule has 0 aliphatic rings. The van der Waals surface area contributed by atoms with Gasteiger partial charge in [-0.15, -0.1) is 0 Å². The maximum Gasteiger partial charge on any atom is 0.265 e. The van der Waals surface area contributed by atoms with Gasteiger partial charge in [0.25, 0.3) is 11.8 Å². The fourth-order valence-electron chi connectivity index (χ4n) is 3.34. The number of carbonyl (C=O) groups is 2. The van der Waals surface area contributed by atoms with E-state index < -0.39 is 6.10 Å². The van der Waals surface area contributed by atoms with Crippen molar-refractivity contribution >= 4 is 17.5 Å². The van der Waals surface area contributed by atoms with Crippen molar-refractivity contribution in [2.75, 3.05) is 11.9 Å². The van der Waals surface area contributed by atoms with Gasteiger partial charge in [0.2, 0.25) is 0 Å². The minimum absolute atomic E-state index is 0.227. The second-order valence-corrected chi connectivity index (χ2v) is 7.61. The van der Waals surface area contributed by atoms with Crippen molar-refractivity contribution in [2.24, 2.45) is 0 Å². The number of hydrogen-bond acceptors (Lipinski definition) is 3. The van der Waals surface area contributed by atoms with Crippen LogP contribution in [0.3, 0.4) is 0 Å². The molecule has 0 unspecified atom stereocenters. The summed E-state index contributed by atoms with van der Waals surface area (Å²) < 4.78 is 5.81. The van der Waals surface area contributed by atoms with Gasteiger partial charge in [-0.25, -0.2) is 0 Å². The first-order chi connectivity index (χ1) is 14.9. The highest BCUT2D eigenvalue weighted by Gasteiger charge is 2.18. The summed E-state index contributed by atoms with van der Waals surface area (Å²) in [4.78, 5) is 25.4. The zero-order chi connectivity index (χ0) is 22.2. The molecule has 0 aliphatic carbocycles. The van der Waals surface area contributed by atoms with E-state index in [1.165, 1.54) is 0 Å². The summed E-state index contributed by atoms with van der Waals surface area (Å²) in [6, 6.07) is 22.8. The molecule has 5 heteroatoms. The zero-order valence-electron chi connectivity index (χ0n) is 18.1. The molecule has 2 N–H and O–H groups in total. The van der Waals surface area contributed by atoms with E-state index in [0.29, 0.717) is 23.5 Å². The third kappa shape index (κ3) is 6.44. The number of rotatable bonds is 8. The highest BCUT2D eigenvalue weighted by atomic mass is 16.5. The Morgan fingerprint density at radius 1 is 0.903 bits per heavy atom. The molecule has 5 nitrogen and oxygen atoms in total. The Balaban J connectivity index is 1.61. The Morgan fingerprint density at radius 2 is 1.55 bits per heavy atom. The van der Waals surface area contributed by atoms with Gasteiger partial charge in [-0.2, -0.15) is 0 Å². The summed E-state index contributed by atoms with van der Waals surface area (Å²) in [6.07, 6.45) is 0.0254. The van der Waals surface area contributed by atoms with Crippen LogP contribution in [0.5, 0.6) is 5.75 Å². The van der Waals surface area contributed by atoms with Gasteiger partial charge in [0, 0.05) is 6.54 Å². The molecule has 0 spiro atoms. The summed E-state index contributed by atoms with van der Waals surface area (Å²) in [5, 5.41) is 5.75. The van der Waals surface area contributed by atoms with Gasteiger partial charge in [-0.1, -0.05) is 48.5 Å². The molecule has 160 valence electrons. The Bertz CT molecular complexity index is 1030. The summed E-state index contributed by atoms with van der Waals surface area (Å²) in [5.41, 5.74) is 4.17. The molecule has 3 rings (SSSR count). The molecule has 0 fully saturated rings. The highest BCUT2D eigenvalue weighted by Crippen LogP contribution is 2.19. The first-order valence-electron chi connectivity index (χ1n) is 10.4. The molecule has 0 bridgehead atoms. The largest absolute Gasteiger partial charge is 0.481 e. The topological polar surface area (TPSA) is 67.4 Å². The van der Waals surface area contributed by atoms with E-state index in [2.05, 4.69) is 10.6 Å². The fourth-order valence-corrected chi connectivity index (χ4v) is 3.34. The van der Waals surface area contributed by atoms with Gasteiger partial charge in [0.05, 0.1) is 11.3 Å². The molecule has 0 heterocycles. The number of ether oxygens (including phenoxy) is 1. The second kappa shape index (κ2) is 10.4. The molecule has 0 saturated heterocycles. The smallest absolute Gasteiger partial charge is 0.265 e. The van der Waals surface area contributed by atoms with E-state index in [1.807, 2.05) is 62.4 Å². The summed E-state index contributed by atoms with van der Waals surface area (Å²) in [7, 11) is 0. The van der Waals surface area contributed by atoms with Gasteiger partial charge in [0.1, 0.15) is 5.75 Å². The molecule has 31 heavy (non-hydrogen) atoms. The van der Waals surface area contributed by atoms with E-state index in [1.54, 1.807) is 31.2 Å². The number of hydrogen-bond donors (Lipinski definition) is 2. The minimum atomic E-state index is -0.713. The van der Waals surface area contributed by atoms with Crippen LogP contribution in [-0.2, 0) is 11.2 Å². The van der Waals surface area contributed by atoms with Crippen LogP contribution in [0, 0.1) is 13.8 Å². The van der Waals surface area contributed by atoms with Crippen LogP contribution in [0.25, 0.3) is 0 Å². The van der Waals surface area contributed by atoms with Crippen molar-refractivity contribution in [3.8, 4) is 5.75 Å². The molecule has 0 saturated carbocycles. The Hall–Kier alpha value is -3.60. The van der Waals surface area contributed by atoms with Gasteiger partial charge in [-0.3, -0.25) is 9.59 Å². The molecule has 3 aromatic rings. The van der Waals surface area contributed by atoms with E-state index in [9.17, 15) is 9.59 Å².